The highest BCUT2D eigenvalue weighted by Gasteiger charge is 2.43. The number of piperidine rings is 1. The molecule has 2 aliphatic heterocycles. The number of Topliss-reactive ketones (excluding diaryl/α,β-unsaturated/α-hetero) is 1. The van der Waals surface area contributed by atoms with Crippen molar-refractivity contribution in [2.45, 2.75) is 25.9 Å². The van der Waals surface area contributed by atoms with E-state index in [1.165, 1.54) is 0 Å². The Kier molecular flexibility index (Phi) is 1.62. The highest BCUT2D eigenvalue weighted by atomic mass is 16.1. The van der Waals surface area contributed by atoms with Gasteiger partial charge in [0, 0.05) is 23.9 Å². The molecule has 0 amide bonds. The summed E-state index contributed by atoms with van der Waals surface area (Å²) in [6.45, 7) is 4.07. The van der Waals surface area contributed by atoms with Crippen LogP contribution in [0.5, 0.6) is 0 Å². The summed E-state index contributed by atoms with van der Waals surface area (Å²) in [6, 6.07) is 0.720. The van der Waals surface area contributed by atoms with E-state index in [9.17, 15) is 4.79 Å². The van der Waals surface area contributed by atoms with Crippen molar-refractivity contribution in [1.82, 2.24) is 4.90 Å². The largest absolute Gasteiger partial charge is 0.299 e. The van der Waals surface area contributed by atoms with Gasteiger partial charge in [-0.05, 0) is 7.05 Å². The number of nitrogens with zero attached hydrogens (tertiary/aromatic N) is 1. The summed E-state index contributed by atoms with van der Waals surface area (Å²) in [4.78, 5) is 14.0. The minimum Gasteiger partial charge on any atom is -0.299 e. The summed E-state index contributed by atoms with van der Waals surface area (Å²) in [7, 11) is 2.11. The van der Waals surface area contributed by atoms with Gasteiger partial charge in [0.15, 0.2) is 0 Å². The second kappa shape index (κ2) is 2.43. The van der Waals surface area contributed by atoms with Gasteiger partial charge in [-0.3, -0.25) is 9.69 Å². The fourth-order valence-corrected chi connectivity index (χ4v) is 2.49. The standard InChI is InChI=1S/C10H15NO/c1-6-8-4-5-9(11(8)3)7(2)10(6)12/h4-9H,1-3H3. The predicted molar refractivity (Wildman–Crippen MR) is 47.8 cm³/mol. The smallest absolute Gasteiger partial charge is 0.142 e. The molecule has 66 valence electrons. The maximum absolute atomic E-state index is 11.7. The molecule has 0 saturated carbocycles. The van der Waals surface area contributed by atoms with Crippen LogP contribution in [-0.2, 0) is 4.79 Å². The Labute approximate surface area is 73.2 Å². The first kappa shape index (κ1) is 7.99. The first-order valence-electron chi connectivity index (χ1n) is 4.57. The van der Waals surface area contributed by atoms with E-state index in [4.69, 9.17) is 0 Å². The van der Waals surface area contributed by atoms with Crippen molar-refractivity contribution in [3.05, 3.63) is 12.2 Å². The fourth-order valence-electron chi connectivity index (χ4n) is 2.49. The van der Waals surface area contributed by atoms with Crippen LogP contribution in [0.3, 0.4) is 0 Å². The van der Waals surface area contributed by atoms with Crippen LogP contribution < -0.4 is 0 Å². The molecular formula is C10H15NO. The summed E-state index contributed by atoms with van der Waals surface area (Å²) < 4.78 is 0. The third-order valence-corrected chi connectivity index (χ3v) is 3.37. The van der Waals surface area contributed by atoms with E-state index in [2.05, 4.69) is 24.1 Å². The number of hydrogen-bond acceptors (Lipinski definition) is 2. The van der Waals surface area contributed by atoms with Gasteiger partial charge in [-0.25, -0.2) is 0 Å². The molecule has 1 fully saturated rings. The molecule has 0 N–H and O–H groups in total. The summed E-state index contributed by atoms with van der Waals surface area (Å²) in [6.07, 6.45) is 4.35. The molecule has 2 rings (SSSR count). The number of fused-ring (bicyclic) bond motifs is 2. The van der Waals surface area contributed by atoms with Crippen LogP contribution in [0.15, 0.2) is 12.2 Å². The van der Waals surface area contributed by atoms with Gasteiger partial charge in [0.05, 0.1) is 0 Å². The highest BCUT2D eigenvalue weighted by Crippen LogP contribution is 2.34. The van der Waals surface area contributed by atoms with Crippen molar-refractivity contribution >= 4 is 5.78 Å². The van der Waals surface area contributed by atoms with Crippen LogP contribution in [0, 0.1) is 11.8 Å². The molecule has 2 bridgehead atoms. The monoisotopic (exact) mass is 165 g/mol. The second-order valence-electron chi connectivity index (χ2n) is 4.01. The van der Waals surface area contributed by atoms with E-state index in [-0.39, 0.29) is 11.8 Å². The molecular weight excluding hydrogens is 150 g/mol. The van der Waals surface area contributed by atoms with E-state index in [1.54, 1.807) is 0 Å². The summed E-state index contributed by atoms with van der Waals surface area (Å²) in [5.41, 5.74) is 0. The second-order valence-corrected chi connectivity index (χ2v) is 4.01. The van der Waals surface area contributed by atoms with Crippen molar-refractivity contribution in [2.24, 2.45) is 11.8 Å². The Morgan fingerprint density at radius 2 is 1.58 bits per heavy atom. The fraction of sp³-hybridized carbons (Fsp3) is 0.700. The summed E-state index contributed by atoms with van der Waals surface area (Å²) in [5.74, 6) is 0.785. The van der Waals surface area contributed by atoms with Crippen LogP contribution in [0.1, 0.15) is 13.8 Å². The third-order valence-electron chi connectivity index (χ3n) is 3.37. The number of carbonyl (C=O) groups excluding carboxylic acids is 1. The molecule has 2 nitrogen and oxygen atoms in total. The molecule has 0 radical (unpaired) electrons. The lowest BCUT2D eigenvalue weighted by Crippen LogP contribution is -2.51. The summed E-state index contributed by atoms with van der Waals surface area (Å²) in [5, 5.41) is 0. The zero-order valence-corrected chi connectivity index (χ0v) is 7.82. The Morgan fingerprint density at radius 3 is 2.00 bits per heavy atom. The number of hydrogen-bond donors (Lipinski definition) is 0. The number of carbonyl (C=O) groups is 1. The molecule has 2 heteroatoms. The Hall–Kier alpha value is -0.630. The zero-order chi connectivity index (χ0) is 8.88. The van der Waals surface area contributed by atoms with Gasteiger partial charge in [0.2, 0.25) is 0 Å². The van der Waals surface area contributed by atoms with Crippen LogP contribution in [0.2, 0.25) is 0 Å². The van der Waals surface area contributed by atoms with Gasteiger partial charge >= 0.3 is 0 Å². The van der Waals surface area contributed by atoms with E-state index < -0.39 is 0 Å². The molecule has 2 aliphatic rings. The minimum atomic E-state index is 0.181. The van der Waals surface area contributed by atoms with Crippen molar-refractivity contribution < 1.29 is 4.79 Å². The van der Waals surface area contributed by atoms with Gasteiger partial charge in [0.1, 0.15) is 5.78 Å². The Bertz CT molecular complexity index is 224. The predicted octanol–water partition coefficient (Wildman–Crippen LogP) is 1.08. The molecule has 12 heavy (non-hydrogen) atoms. The van der Waals surface area contributed by atoms with Crippen LogP contribution in [-0.4, -0.2) is 29.8 Å². The lowest BCUT2D eigenvalue weighted by atomic mass is 9.83. The van der Waals surface area contributed by atoms with Crippen molar-refractivity contribution in [1.29, 1.82) is 0 Å². The van der Waals surface area contributed by atoms with Gasteiger partial charge < -0.3 is 0 Å². The molecule has 2 heterocycles. The molecule has 0 aliphatic carbocycles. The number of ketones is 1. The SMILES string of the molecule is CC1C(=O)C(C)C2C=CC1N2C. The van der Waals surface area contributed by atoms with Crippen LogP contribution in [0.25, 0.3) is 0 Å². The molecule has 0 aromatic heterocycles. The maximum atomic E-state index is 11.7. The third kappa shape index (κ3) is 0.816. The Balaban J connectivity index is 2.34. The Morgan fingerprint density at radius 1 is 1.17 bits per heavy atom. The van der Waals surface area contributed by atoms with Crippen molar-refractivity contribution in [3.8, 4) is 0 Å². The zero-order valence-electron chi connectivity index (χ0n) is 7.82. The average molecular weight is 165 g/mol. The molecule has 1 saturated heterocycles. The van der Waals surface area contributed by atoms with Crippen LogP contribution >= 0.6 is 0 Å². The van der Waals surface area contributed by atoms with Crippen molar-refractivity contribution in [3.63, 3.8) is 0 Å². The van der Waals surface area contributed by atoms with Gasteiger partial charge in [-0.1, -0.05) is 26.0 Å². The van der Waals surface area contributed by atoms with Gasteiger partial charge in [-0.15, -0.1) is 0 Å². The molecule has 0 spiro atoms. The molecule has 4 unspecified atom stereocenters. The van der Waals surface area contributed by atoms with Gasteiger partial charge in [-0.2, -0.15) is 0 Å². The molecule has 0 aromatic rings. The first-order valence-corrected chi connectivity index (χ1v) is 4.57. The average Bonchev–Trinajstić information content (AvgIpc) is 2.38. The lowest BCUT2D eigenvalue weighted by molar-refractivity contribution is -0.132. The quantitative estimate of drug-likeness (QED) is 0.501. The van der Waals surface area contributed by atoms with Crippen molar-refractivity contribution in [2.75, 3.05) is 7.05 Å². The molecule has 4 atom stereocenters. The first-order chi connectivity index (χ1) is 5.63. The maximum Gasteiger partial charge on any atom is 0.142 e. The number of rotatable bonds is 0. The van der Waals surface area contributed by atoms with Gasteiger partial charge in [0.25, 0.3) is 0 Å². The van der Waals surface area contributed by atoms with E-state index in [0.29, 0.717) is 17.9 Å². The minimum absolute atomic E-state index is 0.181. The number of likely N-dealkylation sites (N-methyl/N-ethyl adjacent to an activating group) is 1. The highest BCUT2D eigenvalue weighted by molar-refractivity contribution is 5.86. The lowest BCUT2D eigenvalue weighted by Gasteiger charge is -2.38. The summed E-state index contributed by atoms with van der Waals surface area (Å²) >= 11 is 0. The van der Waals surface area contributed by atoms with E-state index in [0.717, 1.165) is 0 Å². The normalized spacial score (nSPS) is 47.1. The molecule has 0 aromatic carbocycles. The topological polar surface area (TPSA) is 20.3 Å². The van der Waals surface area contributed by atoms with E-state index in [1.807, 2.05) is 13.8 Å². The van der Waals surface area contributed by atoms with E-state index >= 15 is 0 Å². The van der Waals surface area contributed by atoms with Crippen LogP contribution in [0.4, 0.5) is 0 Å².